The topological polar surface area (TPSA) is 158 Å². The van der Waals surface area contributed by atoms with E-state index in [9.17, 15) is 28.8 Å². The smallest absolute Gasteiger partial charge is 0.384 e. The minimum atomic E-state index is -8.44. The number of hydrogen-bond acceptors (Lipinski definition) is 12. The molecule has 0 aliphatic heterocycles. The molecule has 56 heavy (non-hydrogen) atoms. The summed E-state index contributed by atoms with van der Waals surface area (Å²) in [4.78, 5) is 70.1. The van der Waals surface area contributed by atoms with Gasteiger partial charge in [0.1, 0.15) is 50.5 Å². The van der Waals surface area contributed by atoms with Crippen molar-refractivity contribution in [1.82, 2.24) is 0 Å². The van der Waals surface area contributed by atoms with E-state index in [1.54, 1.807) is 0 Å². The molecule has 12 nitrogen and oxygen atoms in total. The van der Waals surface area contributed by atoms with E-state index in [1.807, 2.05) is 0 Å². The van der Waals surface area contributed by atoms with Crippen molar-refractivity contribution >= 4 is 35.8 Å². The zero-order chi connectivity index (χ0) is 44.2. The number of carbonyl (C=O) groups excluding carboxylic acids is 6. The molecule has 0 aliphatic rings. The van der Waals surface area contributed by atoms with E-state index in [0.717, 1.165) is 0 Å². The Morgan fingerprint density at radius 2 is 0.429 bits per heavy atom. The molecule has 0 radical (unpaired) electrons. The summed E-state index contributed by atoms with van der Waals surface area (Å²) in [6.45, 7) is 1.87. The highest BCUT2D eigenvalue weighted by molar-refractivity contribution is 5.83. The quantitative estimate of drug-likeness (QED) is 0.0517. The maximum atomic E-state index is 16.0. The van der Waals surface area contributed by atoms with Crippen molar-refractivity contribution in [3.63, 3.8) is 0 Å². The van der Waals surface area contributed by atoms with Crippen LogP contribution in [0.2, 0.25) is 0 Å². The van der Waals surface area contributed by atoms with Gasteiger partial charge in [0.25, 0.3) is 0 Å². The average Bonchev–Trinajstić information content (AvgIpc) is 3.15. The molecule has 0 aromatic heterocycles. The Hall–Kier alpha value is -5.58. The van der Waals surface area contributed by atoms with Gasteiger partial charge in [-0.25, -0.2) is 28.8 Å². The molecule has 0 spiro atoms. The molecular formula is C32H30F12O12. The Morgan fingerprint density at radius 1 is 0.304 bits per heavy atom. The molecule has 0 heterocycles. The van der Waals surface area contributed by atoms with Crippen LogP contribution in [0.1, 0.15) is 0 Å². The van der Waals surface area contributed by atoms with Gasteiger partial charge in [-0.1, -0.05) is 39.5 Å². The third kappa shape index (κ3) is 9.80. The number of carbonyl (C=O) groups is 6. The number of rotatable bonds is 25. The fourth-order valence-corrected chi connectivity index (χ4v) is 3.86. The van der Waals surface area contributed by atoms with Gasteiger partial charge in [-0.2, -0.15) is 52.7 Å². The second-order valence-corrected chi connectivity index (χ2v) is 10.9. The third-order valence-electron chi connectivity index (χ3n) is 7.25. The van der Waals surface area contributed by atoms with Crippen LogP contribution in [-0.2, 0) is 57.2 Å². The lowest BCUT2D eigenvalue weighted by Crippen LogP contribution is -2.76. The van der Waals surface area contributed by atoms with E-state index >= 15 is 52.7 Å². The molecule has 0 aliphatic carbocycles. The first-order valence-electron chi connectivity index (χ1n) is 14.5. The van der Waals surface area contributed by atoms with Gasteiger partial charge in [-0.3, -0.25) is 0 Å². The van der Waals surface area contributed by atoms with E-state index in [4.69, 9.17) is 0 Å². The molecule has 0 saturated heterocycles. The summed E-state index contributed by atoms with van der Waals surface area (Å²) < 4.78 is 213. The second kappa shape index (κ2) is 18.8. The predicted octanol–water partition coefficient (Wildman–Crippen LogP) is 5.15. The van der Waals surface area contributed by atoms with Gasteiger partial charge in [-0.05, 0) is 0 Å². The summed E-state index contributed by atoms with van der Waals surface area (Å²) in [5.74, 6) is -58.6. The van der Waals surface area contributed by atoms with Gasteiger partial charge < -0.3 is 28.4 Å². The van der Waals surface area contributed by atoms with Crippen LogP contribution in [-0.4, -0.2) is 111 Å². The van der Waals surface area contributed by atoms with Crippen molar-refractivity contribution in [2.24, 2.45) is 10.8 Å². The van der Waals surface area contributed by atoms with E-state index < -0.39 is 122 Å². The number of hydrogen-bond donors (Lipinski definition) is 0. The highest BCUT2D eigenvalue weighted by atomic mass is 19.4. The molecule has 0 atom stereocenters. The Balaban J connectivity index is 8.06. The standard InChI is InChI=1S/C32H30F12O12/c1-7-19(45)51-13-25(14-52-20(46)8-2,15-53-21(47)9-3)27(33,34)29(37,38)31(41,42)32(43,44)30(39,40)28(35,36)26(16-54-22(48)10-4,17-55-23(49)11-5)18-56-24(50)12-6/h7-12H,1-6,13-18H2. The van der Waals surface area contributed by atoms with E-state index in [2.05, 4.69) is 67.9 Å². The van der Waals surface area contributed by atoms with Gasteiger partial charge in [0.05, 0.1) is 0 Å². The van der Waals surface area contributed by atoms with Crippen molar-refractivity contribution in [2.75, 3.05) is 39.6 Å². The van der Waals surface area contributed by atoms with E-state index in [1.165, 1.54) is 0 Å². The molecule has 0 amide bonds. The predicted molar refractivity (Wildman–Crippen MR) is 161 cm³/mol. The SMILES string of the molecule is C=CC(=O)OCC(COC(=O)C=C)(COC(=O)C=C)C(F)(F)C(F)(F)C(F)(F)C(F)(F)C(F)(F)C(F)(F)C(COC(=O)C=C)(COC(=O)C=C)COC(=O)C=C. The highest BCUT2D eigenvalue weighted by Gasteiger charge is 2.93. The summed E-state index contributed by atoms with van der Waals surface area (Å²) >= 11 is 0. The fourth-order valence-electron chi connectivity index (χ4n) is 3.86. The molecule has 0 N–H and O–H groups in total. The van der Waals surface area contributed by atoms with Gasteiger partial charge in [0.2, 0.25) is 0 Å². The van der Waals surface area contributed by atoms with Gasteiger partial charge in [0.15, 0.2) is 0 Å². The first-order chi connectivity index (χ1) is 25.5. The minimum Gasteiger partial charge on any atom is -0.461 e. The Labute approximate surface area is 308 Å². The molecule has 24 heteroatoms. The monoisotopic (exact) mass is 834 g/mol. The summed E-state index contributed by atoms with van der Waals surface area (Å²) in [5.41, 5.74) is -9.38. The molecule has 0 aromatic carbocycles. The lowest BCUT2D eigenvalue weighted by Gasteiger charge is -2.48. The van der Waals surface area contributed by atoms with Gasteiger partial charge >= 0.3 is 71.4 Å². The Bertz CT molecular complexity index is 1340. The van der Waals surface area contributed by atoms with Crippen LogP contribution in [0.5, 0.6) is 0 Å². The molecule has 314 valence electrons. The zero-order valence-corrected chi connectivity index (χ0v) is 28.4. The summed E-state index contributed by atoms with van der Waals surface area (Å²) in [6, 6.07) is 0. The third-order valence-corrected chi connectivity index (χ3v) is 7.25. The molecule has 0 saturated carbocycles. The highest BCUT2D eigenvalue weighted by Crippen LogP contribution is 2.65. The number of halogens is 12. The molecule has 0 fully saturated rings. The molecule has 0 unspecified atom stereocenters. The molecule has 0 rings (SSSR count). The van der Waals surface area contributed by atoms with Crippen LogP contribution in [0.25, 0.3) is 0 Å². The maximum Gasteiger partial charge on any atom is 0.384 e. The zero-order valence-electron chi connectivity index (χ0n) is 28.4. The van der Waals surface area contributed by atoms with E-state index in [0.29, 0.717) is 0 Å². The number of alkyl halides is 12. The number of esters is 6. The summed E-state index contributed by atoms with van der Waals surface area (Å²) in [6.07, 6.45) is 0.721. The van der Waals surface area contributed by atoms with Crippen LogP contribution in [0.15, 0.2) is 75.9 Å². The van der Waals surface area contributed by atoms with Crippen molar-refractivity contribution in [2.45, 2.75) is 35.5 Å². The second-order valence-electron chi connectivity index (χ2n) is 10.9. The van der Waals surface area contributed by atoms with Crippen molar-refractivity contribution in [1.29, 1.82) is 0 Å². The molecule has 0 bridgehead atoms. The number of ether oxygens (including phenoxy) is 6. The van der Waals surface area contributed by atoms with Gasteiger partial charge in [-0.15, -0.1) is 0 Å². The average molecular weight is 835 g/mol. The van der Waals surface area contributed by atoms with Crippen molar-refractivity contribution < 1.29 is 110 Å². The van der Waals surface area contributed by atoms with Crippen LogP contribution in [0.4, 0.5) is 52.7 Å². The lowest BCUT2D eigenvalue weighted by molar-refractivity contribution is -0.447. The van der Waals surface area contributed by atoms with E-state index in [-0.39, 0.29) is 36.5 Å². The first-order valence-corrected chi connectivity index (χ1v) is 14.5. The van der Waals surface area contributed by atoms with Crippen LogP contribution in [0.3, 0.4) is 0 Å². The molecule has 0 aromatic rings. The van der Waals surface area contributed by atoms with Gasteiger partial charge in [0, 0.05) is 36.5 Å². The summed E-state index contributed by atoms with van der Waals surface area (Å²) in [7, 11) is 0. The lowest BCUT2D eigenvalue weighted by atomic mass is 9.73. The normalized spacial score (nSPS) is 12.9. The minimum absolute atomic E-state index is 0.120. The Morgan fingerprint density at radius 3 is 0.554 bits per heavy atom. The largest absolute Gasteiger partial charge is 0.461 e. The van der Waals surface area contributed by atoms with Crippen LogP contribution < -0.4 is 0 Å². The molecular weight excluding hydrogens is 804 g/mol. The van der Waals surface area contributed by atoms with Crippen LogP contribution in [0, 0.1) is 10.8 Å². The Kier molecular flexibility index (Phi) is 17.0. The fraction of sp³-hybridized carbons (Fsp3) is 0.438. The van der Waals surface area contributed by atoms with Crippen molar-refractivity contribution in [3.8, 4) is 0 Å². The maximum absolute atomic E-state index is 16.0. The van der Waals surface area contributed by atoms with Crippen LogP contribution >= 0.6 is 0 Å². The first kappa shape index (κ1) is 50.4. The summed E-state index contributed by atoms with van der Waals surface area (Å²) in [5, 5.41) is 0. The van der Waals surface area contributed by atoms with Crippen molar-refractivity contribution in [3.05, 3.63) is 75.9 Å².